The zero-order valence-electron chi connectivity index (χ0n) is 14.1. The van der Waals surface area contributed by atoms with Gasteiger partial charge in [-0.1, -0.05) is 59.3 Å². The van der Waals surface area contributed by atoms with Crippen LogP contribution in [0.2, 0.25) is 0 Å². The molecule has 1 nitrogen and oxygen atoms in total. The summed E-state index contributed by atoms with van der Waals surface area (Å²) in [5.74, 6) is 1.29. The largest absolute Gasteiger partial charge is 0.311 e. The molecular weight excluding hydrogens is 262 g/mol. The molecule has 20 heavy (non-hydrogen) atoms. The summed E-state index contributed by atoms with van der Waals surface area (Å²) in [5.41, 5.74) is 0. The minimum Gasteiger partial charge on any atom is -0.311 e. The number of hydrogen-bond acceptors (Lipinski definition) is 2. The molecule has 1 aliphatic carbocycles. The minimum absolute atomic E-state index is 0.795. The van der Waals surface area contributed by atoms with E-state index in [0.717, 1.165) is 17.3 Å². The van der Waals surface area contributed by atoms with E-state index in [1.54, 1.807) is 0 Å². The Bertz CT molecular complexity index is 209. The molecule has 0 radical (unpaired) electrons. The van der Waals surface area contributed by atoms with Crippen LogP contribution in [0, 0.1) is 0 Å². The van der Waals surface area contributed by atoms with E-state index in [1.807, 2.05) is 0 Å². The van der Waals surface area contributed by atoms with Gasteiger partial charge >= 0.3 is 0 Å². The Hall–Kier alpha value is 0.310. The molecule has 0 aromatic heterocycles. The molecule has 120 valence electrons. The lowest BCUT2D eigenvalue weighted by Crippen LogP contribution is -2.37. The van der Waals surface area contributed by atoms with Crippen LogP contribution < -0.4 is 5.32 Å². The van der Waals surface area contributed by atoms with Gasteiger partial charge in [0.2, 0.25) is 0 Å². The Balaban J connectivity index is 2.27. The summed E-state index contributed by atoms with van der Waals surface area (Å²) >= 11 is 2.17. The van der Waals surface area contributed by atoms with Crippen LogP contribution in [0.3, 0.4) is 0 Å². The average molecular weight is 300 g/mol. The fraction of sp³-hybridized carbons (Fsp3) is 1.00. The highest BCUT2D eigenvalue weighted by Gasteiger charge is 2.25. The third-order valence-corrected chi connectivity index (χ3v) is 5.80. The van der Waals surface area contributed by atoms with Crippen molar-refractivity contribution >= 4 is 11.8 Å². The molecule has 1 fully saturated rings. The molecule has 0 amide bonds. The van der Waals surface area contributed by atoms with Crippen molar-refractivity contribution < 1.29 is 0 Å². The molecule has 0 aromatic rings. The average Bonchev–Trinajstić information content (AvgIpc) is 2.87. The van der Waals surface area contributed by atoms with E-state index in [9.17, 15) is 0 Å². The summed E-state index contributed by atoms with van der Waals surface area (Å²) in [4.78, 5) is 0. The SMILES string of the molecule is CCCCCC(CCCCC)NC1CCC(SCC)C1. The zero-order chi connectivity index (χ0) is 14.6. The summed E-state index contributed by atoms with van der Waals surface area (Å²) < 4.78 is 0. The summed E-state index contributed by atoms with van der Waals surface area (Å²) in [6.45, 7) is 6.91. The van der Waals surface area contributed by atoms with Gasteiger partial charge in [0.15, 0.2) is 0 Å². The number of rotatable bonds is 12. The molecule has 2 heteroatoms. The predicted octanol–water partition coefficient (Wildman–Crippen LogP) is 5.78. The highest BCUT2D eigenvalue weighted by molar-refractivity contribution is 7.99. The van der Waals surface area contributed by atoms with Crippen molar-refractivity contribution in [2.45, 2.75) is 109 Å². The van der Waals surface area contributed by atoms with Crippen LogP contribution in [0.5, 0.6) is 0 Å². The lowest BCUT2D eigenvalue weighted by molar-refractivity contribution is 0.371. The van der Waals surface area contributed by atoms with E-state index in [1.165, 1.54) is 76.4 Å². The van der Waals surface area contributed by atoms with E-state index >= 15 is 0 Å². The van der Waals surface area contributed by atoms with E-state index < -0.39 is 0 Å². The van der Waals surface area contributed by atoms with Crippen molar-refractivity contribution in [3.8, 4) is 0 Å². The maximum absolute atomic E-state index is 4.01. The van der Waals surface area contributed by atoms with Gasteiger partial charge in [-0.05, 0) is 37.9 Å². The normalized spacial score (nSPS) is 22.8. The van der Waals surface area contributed by atoms with E-state index in [-0.39, 0.29) is 0 Å². The molecule has 1 N–H and O–H groups in total. The van der Waals surface area contributed by atoms with Crippen LogP contribution >= 0.6 is 11.8 Å². The summed E-state index contributed by atoms with van der Waals surface area (Å²) in [7, 11) is 0. The second-order valence-corrected chi connectivity index (χ2v) is 8.02. The van der Waals surface area contributed by atoms with Gasteiger partial charge in [0.05, 0.1) is 0 Å². The van der Waals surface area contributed by atoms with Gasteiger partial charge in [-0.15, -0.1) is 0 Å². The first-order chi connectivity index (χ1) is 9.80. The van der Waals surface area contributed by atoms with Crippen LogP contribution in [0.4, 0.5) is 0 Å². The van der Waals surface area contributed by atoms with Gasteiger partial charge in [0, 0.05) is 17.3 Å². The molecule has 0 saturated heterocycles. The third kappa shape index (κ3) is 7.93. The van der Waals surface area contributed by atoms with E-state index in [2.05, 4.69) is 37.8 Å². The molecular formula is C18H37NS. The quantitative estimate of drug-likeness (QED) is 0.458. The van der Waals surface area contributed by atoms with Crippen molar-refractivity contribution in [1.82, 2.24) is 5.32 Å². The Morgan fingerprint density at radius 2 is 1.60 bits per heavy atom. The second kappa shape index (κ2) is 11.9. The van der Waals surface area contributed by atoms with Crippen molar-refractivity contribution in [2.75, 3.05) is 5.75 Å². The fourth-order valence-corrected chi connectivity index (χ4v) is 4.55. The van der Waals surface area contributed by atoms with Crippen LogP contribution in [-0.4, -0.2) is 23.1 Å². The molecule has 0 aliphatic heterocycles. The molecule has 0 spiro atoms. The highest BCUT2D eigenvalue weighted by atomic mass is 32.2. The molecule has 2 atom stereocenters. The lowest BCUT2D eigenvalue weighted by Gasteiger charge is -2.23. The smallest absolute Gasteiger partial charge is 0.00805 e. The molecule has 0 aromatic carbocycles. The molecule has 1 saturated carbocycles. The Kier molecular flexibility index (Phi) is 10.9. The number of thioether (sulfide) groups is 1. The summed E-state index contributed by atoms with van der Waals surface area (Å²) in [6.07, 6.45) is 15.4. The fourth-order valence-electron chi connectivity index (χ4n) is 3.40. The van der Waals surface area contributed by atoms with Crippen molar-refractivity contribution in [2.24, 2.45) is 0 Å². The van der Waals surface area contributed by atoms with Gasteiger partial charge in [-0.2, -0.15) is 11.8 Å². The van der Waals surface area contributed by atoms with Crippen LogP contribution in [-0.2, 0) is 0 Å². The number of unbranched alkanes of at least 4 members (excludes halogenated alkanes) is 4. The Morgan fingerprint density at radius 3 is 2.15 bits per heavy atom. The zero-order valence-corrected chi connectivity index (χ0v) is 14.9. The van der Waals surface area contributed by atoms with Crippen LogP contribution in [0.15, 0.2) is 0 Å². The first kappa shape index (κ1) is 18.4. The number of hydrogen-bond donors (Lipinski definition) is 1. The first-order valence-corrected chi connectivity index (χ1v) is 10.2. The lowest BCUT2D eigenvalue weighted by atomic mass is 10.0. The molecule has 0 heterocycles. The van der Waals surface area contributed by atoms with Gasteiger partial charge in [-0.25, -0.2) is 0 Å². The maximum Gasteiger partial charge on any atom is 0.00805 e. The highest BCUT2D eigenvalue weighted by Crippen LogP contribution is 2.30. The minimum atomic E-state index is 0.795. The molecule has 1 rings (SSSR count). The summed E-state index contributed by atoms with van der Waals surface area (Å²) in [5, 5.41) is 4.94. The Morgan fingerprint density at radius 1 is 0.950 bits per heavy atom. The second-order valence-electron chi connectivity index (χ2n) is 6.44. The summed E-state index contributed by atoms with van der Waals surface area (Å²) in [6, 6.07) is 1.61. The van der Waals surface area contributed by atoms with E-state index in [0.29, 0.717) is 0 Å². The standard InChI is InChI=1S/C18H37NS/c1-4-7-9-11-16(12-10-8-5-2)19-17-13-14-18(15-17)20-6-3/h16-19H,4-15H2,1-3H3. The number of nitrogens with one attached hydrogen (secondary N) is 1. The molecule has 1 aliphatic rings. The van der Waals surface area contributed by atoms with Crippen molar-refractivity contribution in [3.05, 3.63) is 0 Å². The first-order valence-electron chi connectivity index (χ1n) is 9.17. The van der Waals surface area contributed by atoms with Crippen molar-refractivity contribution in [3.63, 3.8) is 0 Å². The monoisotopic (exact) mass is 299 g/mol. The molecule has 2 unspecified atom stereocenters. The van der Waals surface area contributed by atoms with Crippen LogP contribution in [0.25, 0.3) is 0 Å². The van der Waals surface area contributed by atoms with Gasteiger partial charge in [0.25, 0.3) is 0 Å². The topological polar surface area (TPSA) is 12.0 Å². The Labute approximate surface area is 132 Å². The van der Waals surface area contributed by atoms with Gasteiger partial charge < -0.3 is 5.32 Å². The van der Waals surface area contributed by atoms with Crippen LogP contribution in [0.1, 0.15) is 91.4 Å². The maximum atomic E-state index is 4.01. The van der Waals surface area contributed by atoms with Gasteiger partial charge in [0.1, 0.15) is 0 Å². The van der Waals surface area contributed by atoms with Crippen molar-refractivity contribution in [1.29, 1.82) is 0 Å². The van der Waals surface area contributed by atoms with Gasteiger partial charge in [-0.3, -0.25) is 0 Å². The molecule has 0 bridgehead atoms. The predicted molar refractivity (Wildman–Crippen MR) is 94.8 cm³/mol. The third-order valence-electron chi connectivity index (χ3n) is 4.57. The van der Waals surface area contributed by atoms with E-state index in [4.69, 9.17) is 0 Å².